The number of hydrogen-bond donors (Lipinski definition) is 5. The number of likely N-dealkylation sites (N-methyl/N-ethyl adjacent to an activating group) is 1. The third-order valence-electron chi connectivity index (χ3n) is 3.39. The first-order valence-electron chi connectivity index (χ1n) is 7.65. The van der Waals surface area contributed by atoms with Crippen LogP contribution in [0.4, 0.5) is 11.6 Å². The molecule has 0 aliphatic heterocycles. The molecule has 0 atom stereocenters. The van der Waals surface area contributed by atoms with Crippen LogP contribution in [0.2, 0.25) is 0 Å². The molecule has 0 saturated heterocycles. The summed E-state index contributed by atoms with van der Waals surface area (Å²) in [5, 5.41) is 2.07. The standard InChI is InChI=1S/C14H20N4O7P2/c1-18(13-4-2-3-7-15-13)8-9-25-11-5-6-12(16-10-11)17-14(26(19,20)21)27(22,23)24/h2-7,10,14H,8-9H2,1H3,(H,16,17)(H2,19,20,21)(H2,22,23,24). The van der Waals surface area contributed by atoms with E-state index >= 15 is 0 Å². The molecule has 0 saturated carbocycles. The smallest absolute Gasteiger partial charge is 0.360 e. The van der Waals surface area contributed by atoms with E-state index in [1.807, 2.05) is 30.1 Å². The highest BCUT2D eigenvalue weighted by Gasteiger charge is 2.43. The summed E-state index contributed by atoms with van der Waals surface area (Å²) in [5.74, 6) is 1.07. The lowest BCUT2D eigenvalue weighted by molar-refractivity contribution is 0.324. The van der Waals surface area contributed by atoms with Crippen molar-refractivity contribution in [2.24, 2.45) is 0 Å². The van der Waals surface area contributed by atoms with E-state index in [2.05, 4.69) is 15.3 Å². The molecule has 2 aromatic heterocycles. The summed E-state index contributed by atoms with van der Waals surface area (Å²) < 4.78 is 28.0. The minimum Gasteiger partial charge on any atom is -0.490 e. The van der Waals surface area contributed by atoms with Gasteiger partial charge in [-0.3, -0.25) is 9.13 Å². The second kappa shape index (κ2) is 8.79. The molecule has 0 spiro atoms. The van der Waals surface area contributed by atoms with Crippen LogP contribution in [0.5, 0.6) is 5.75 Å². The zero-order valence-corrected chi connectivity index (χ0v) is 16.1. The maximum Gasteiger partial charge on any atom is 0.360 e. The van der Waals surface area contributed by atoms with Gasteiger partial charge in [-0.1, -0.05) is 6.07 Å². The van der Waals surface area contributed by atoms with Crippen molar-refractivity contribution in [3.8, 4) is 5.75 Å². The summed E-state index contributed by atoms with van der Waals surface area (Å²) in [6.07, 6.45) is 2.96. The molecule has 0 fully saturated rings. The first kappa shape index (κ1) is 21.3. The Balaban J connectivity index is 1.91. The Morgan fingerprint density at radius 3 is 2.33 bits per heavy atom. The lowest BCUT2D eigenvalue weighted by atomic mass is 10.4. The van der Waals surface area contributed by atoms with Crippen molar-refractivity contribution in [3.05, 3.63) is 42.7 Å². The van der Waals surface area contributed by atoms with E-state index in [4.69, 9.17) is 24.3 Å². The van der Waals surface area contributed by atoms with Crippen molar-refractivity contribution in [3.63, 3.8) is 0 Å². The van der Waals surface area contributed by atoms with Gasteiger partial charge in [0, 0.05) is 13.2 Å². The monoisotopic (exact) mass is 418 g/mol. The molecule has 0 unspecified atom stereocenters. The molecular weight excluding hydrogens is 398 g/mol. The Hall–Kier alpha value is -2.00. The summed E-state index contributed by atoms with van der Waals surface area (Å²) >= 11 is 0. The molecule has 27 heavy (non-hydrogen) atoms. The molecule has 13 heteroatoms. The van der Waals surface area contributed by atoms with Crippen molar-refractivity contribution < 1.29 is 33.4 Å². The van der Waals surface area contributed by atoms with Crippen molar-refractivity contribution in [2.45, 2.75) is 5.52 Å². The fraction of sp³-hybridized carbons (Fsp3) is 0.286. The molecule has 148 valence electrons. The molecule has 0 amide bonds. The second-order valence-electron chi connectivity index (χ2n) is 5.53. The normalized spacial score (nSPS) is 12.1. The zero-order chi connectivity index (χ0) is 20.1. The first-order valence-corrected chi connectivity index (χ1v) is 11.0. The topological polar surface area (TPSA) is 165 Å². The summed E-state index contributed by atoms with van der Waals surface area (Å²) in [7, 11) is -8.32. The van der Waals surface area contributed by atoms with E-state index in [0.29, 0.717) is 18.9 Å². The number of anilines is 2. The van der Waals surface area contributed by atoms with Crippen LogP contribution in [0.1, 0.15) is 0 Å². The van der Waals surface area contributed by atoms with E-state index in [1.165, 1.54) is 18.3 Å². The minimum atomic E-state index is -5.09. The molecule has 0 aliphatic carbocycles. The average Bonchev–Trinajstić information content (AvgIpc) is 2.59. The molecule has 5 N–H and O–H groups in total. The Morgan fingerprint density at radius 1 is 1.11 bits per heavy atom. The Labute approximate surface area is 155 Å². The maximum atomic E-state index is 11.2. The minimum absolute atomic E-state index is 0.107. The summed E-state index contributed by atoms with van der Waals surface area (Å²) in [5.41, 5.74) is -2.36. The van der Waals surface area contributed by atoms with Gasteiger partial charge in [0.2, 0.25) is 5.52 Å². The highest BCUT2D eigenvalue weighted by Crippen LogP contribution is 2.59. The van der Waals surface area contributed by atoms with Crippen LogP contribution in [0.25, 0.3) is 0 Å². The lowest BCUT2D eigenvalue weighted by Crippen LogP contribution is -2.24. The molecule has 0 aromatic carbocycles. The van der Waals surface area contributed by atoms with Crippen LogP contribution in [0.15, 0.2) is 42.7 Å². The summed E-state index contributed by atoms with van der Waals surface area (Å²) in [6, 6.07) is 8.32. The predicted molar refractivity (Wildman–Crippen MR) is 98.7 cm³/mol. The first-order chi connectivity index (χ1) is 12.6. The van der Waals surface area contributed by atoms with Gasteiger partial charge in [-0.2, -0.15) is 0 Å². The quantitative estimate of drug-likeness (QED) is 0.369. The van der Waals surface area contributed by atoms with Crippen molar-refractivity contribution in [2.75, 3.05) is 30.4 Å². The number of nitrogens with zero attached hydrogens (tertiary/aromatic N) is 3. The molecule has 11 nitrogen and oxygen atoms in total. The fourth-order valence-electron chi connectivity index (χ4n) is 2.04. The molecule has 0 aliphatic rings. The van der Waals surface area contributed by atoms with E-state index in [9.17, 15) is 9.13 Å². The van der Waals surface area contributed by atoms with Gasteiger partial charge < -0.3 is 34.5 Å². The van der Waals surface area contributed by atoms with Crippen LogP contribution in [0.3, 0.4) is 0 Å². The molecule has 0 bridgehead atoms. The maximum absolute atomic E-state index is 11.2. The molecule has 2 rings (SSSR count). The number of aromatic nitrogens is 2. The lowest BCUT2D eigenvalue weighted by Gasteiger charge is -2.21. The largest absolute Gasteiger partial charge is 0.490 e. The van der Waals surface area contributed by atoms with Gasteiger partial charge >= 0.3 is 15.2 Å². The zero-order valence-electron chi connectivity index (χ0n) is 14.3. The second-order valence-corrected chi connectivity index (χ2v) is 9.33. The van der Waals surface area contributed by atoms with Crippen LogP contribution in [0, 0.1) is 0 Å². The number of pyridine rings is 2. The van der Waals surface area contributed by atoms with Gasteiger partial charge in [-0.05, 0) is 24.3 Å². The van der Waals surface area contributed by atoms with Crippen molar-refractivity contribution >= 4 is 26.8 Å². The predicted octanol–water partition coefficient (Wildman–Crippen LogP) is 1.04. The van der Waals surface area contributed by atoms with Gasteiger partial charge in [0.05, 0.1) is 12.7 Å². The Kier molecular flexibility index (Phi) is 6.94. The van der Waals surface area contributed by atoms with E-state index in [1.54, 1.807) is 6.20 Å². The van der Waals surface area contributed by atoms with Gasteiger partial charge in [-0.15, -0.1) is 0 Å². The van der Waals surface area contributed by atoms with E-state index in [0.717, 1.165) is 5.82 Å². The number of hydrogen-bond acceptors (Lipinski definition) is 7. The average molecular weight is 418 g/mol. The number of rotatable bonds is 9. The van der Waals surface area contributed by atoms with Crippen LogP contribution < -0.4 is 15.0 Å². The molecule has 2 heterocycles. The highest BCUT2D eigenvalue weighted by atomic mass is 31.2. The van der Waals surface area contributed by atoms with Crippen molar-refractivity contribution in [1.29, 1.82) is 0 Å². The van der Waals surface area contributed by atoms with Crippen LogP contribution >= 0.6 is 15.2 Å². The Morgan fingerprint density at radius 2 is 1.81 bits per heavy atom. The van der Waals surface area contributed by atoms with Gasteiger partial charge in [-0.25, -0.2) is 9.97 Å². The van der Waals surface area contributed by atoms with Crippen LogP contribution in [-0.4, -0.2) is 55.3 Å². The summed E-state index contributed by atoms with van der Waals surface area (Å²) in [4.78, 5) is 46.3. The van der Waals surface area contributed by atoms with E-state index in [-0.39, 0.29) is 5.82 Å². The van der Waals surface area contributed by atoms with Crippen molar-refractivity contribution in [1.82, 2.24) is 9.97 Å². The number of ether oxygens (including phenoxy) is 1. The highest BCUT2D eigenvalue weighted by molar-refractivity contribution is 7.71. The van der Waals surface area contributed by atoms with Gasteiger partial charge in [0.15, 0.2) is 0 Å². The third kappa shape index (κ3) is 6.59. The third-order valence-corrected chi connectivity index (χ3v) is 6.72. The molecule has 0 radical (unpaired) electrons. The van der Waals surface area contributed by atoms with Gasteiger partial charge in [0.25, 0.3) is 0 Å². The Bertz CT molecular complexity index is 803. The van der Waals surface area contributed by atoms with Gasteiger partial charge in [0.1, 0.15) is 24.0 Å². The SMILES string of the molecule is CN(CCOc1ccc(NC(P(=O)(O)O)P(=O)(O)O)nc1)c1ccccn1. The summed E-state index contributed by atoms with van der Waals surface area (Å²) in [6.45, 7) is 0.880. The fourth-order valence-corrected chi connectivity index (χ4v) is 4.21. The molecular formula is C14H20N4O7P2. The van der Waals surface area contributed by atoms with E-state index < -0.39 is 20.7 Å². The molecule has 2 aromatic rings. The number of nitrogens with one attached hydrogen (secondary N) is 1. The van der Waals surface area contributed by atoms with Crippen LogP contribution in [-0.2, 0) is 9.13 Å².